The van der Waals surface area contributed by atoms with Crippen molar-refractivity contribution < 1.29 is 14.0 Å². The first kappa shape index (κ1) is 23.3. The molecule has 2 heterocycles. The van der Waals surface area contributed by atoms with Crippen LogP contribution in [0.5, 0.6) is 0 Å². The summed E-state index contributed by atoms with van der Waals surface area (Å²) < 4.78 is 14.4. The third-order valence-corrected chi connectivity index (χ3v) is 5.94. The molecule has 4 rings (SSSR count). The standard InChI is InChI=1S/C25H26FN5O3/c1-2-30-11-13-31(14-12-30)24(33)10-9-23(32)27-22-16-17(7-8-20(22)26)15-21-18-5-3-4-6-19(18)25(34)29-28-21/h3-10,16H,2,11-15H2,1H3,(H,27,32)(H,29,34)/b10-9+. The predicted octanol–water partition coefficient (Wildman–Crippen LogP) is 2.31. The van der Waals surface area contributed by atoms with Gasteiger partial charge in [0.15, 0.2) is 0 Å². The van der Waals surface area contributed by atoms with E-state index in [1.807, 2.05) is 12.1 Å². The number of fused-ring (bicyclic) bond motifs is 1. The van der Waals surface area contributed by atoms with Crippen LogP contribution in [0.2, 0.25) is 0 Å². The lowest BCUT2D eigenvalue weighted by Crippen LogP contribution is -2.48. The van der Waals surface area contributed by atoms with Gasteiger partial charge in [-0.2, -0.15) is 5.10 Å². The Morgan fingerprint density at radius 2 is 1.82 bits per heavy atom. The largest absolute Gasteiger partial charge is 0.337 e. The van der Waals surface area contributed by atoms with E-state index in [9.17, 15) is 18.8 Å². The summed E-state index contributed by atoms with van der Waals surface area (Å²) in [5.41, 5.74) is 1.06. The number of aromatic nitrogens is 2. The molecule has 1 aromatic heterocycles. The summed E-state index contributed by atoms with van der Waals surface area (Å²) in [6.07, 6.45) is 2.67. The number of amides is 2. The molecule has 3 aromatic rings. The number of nitrogens with one attached hydrogen (secondary N) is 2. The van der Waals surface area contributed by atoms with Crippen LogP contribution in [0.25, 0.3) is 10.8 Å². The molecular formula is C25H26FN5O3. The van der Waals surface area contributed by atoms with E-state index in [4.69, 9.17) is 0 Å². The van der Waals surface area contributed by atoms with Crippen molar-refractivity contribution in [2.45, 2.75) is 13.3 Å². The van der Waals surface area contributed by atoms with Gasteiger partial charge in [-0.05, 0) is 30.3 Å². The molecule has 1 aliphatic rings. The van der Waals surface area contributed by atoms with Crippen LogP contribution >= 0.6 is 0 Å². The fourth-order valence-corrected chi connectivity index (χ4v) is 3.99. The maximum absolute atomic E-state index is 14.4. The van der Waals surface area contributed by atoms with Gasteiger partial charge >= 0.3 is 0 Å². The highest BCUT2D eigenvalue weighted by atomic mass is 19.1. The Bertz CT molecular complexity index is 1300. The topological polar surface area (TPSA) is 98.4 Å². The van der Waals surface area contributed by atoms with Crippen LogP contribution in [0.4, 0.5) is 10.1 Å². The zero-order valence-corrected chi connectivity index (χ0v) is 18.9. The van der Waals surface area contributed by atoms with Gasteiger partial charge in [-0.3, -0.25) is 14.4 Å². The van der Waals surface area contributed by atoms with Gasteiger partial charge in [0.2, 0.25) is 11.8 Å². The van der Waals surface area contributed by atoms with Crippen molar-refractivity contribution in [2.24, 2.45) is 0 Å². The van der Waals surface area contributed by atoms with Gasteiger partial charge in [0.05, 0.1) is 16.8 Å². The molecule has 0 bridgehead atoms. The second-order valence-corrected chi connectivity index (χ2v) is 8.12. The Labute approximate surface area is 196 Å². The average molecular weight is 464 g/mol. The molecule has 34 heavy (non-hydrogen) atoms. The number of anilines is 1. The van der Waals surface area contributed by atoms with Gasteiger partial charge in [0, 0.05) is 50.1 Å². The van der Waals surface area contributed by atoms with E-state index in [2.05, 4.69) is 27.3 Å². The zero-order chi connectivity index (χ0) is 24.1. The number of halogens is 1. The van der Waals surface area contributed by atoms with Crippen molar-refractivity contribution in [3.05, 3.63) is 82.0 Å². The van der Waals surface area contributed by atoms with E-state index < -0.39 is 11.7 Å². The number of aromatic amines is 1. The number of rotatable bonds is 6. The number of benzene rings is 2. The molecule has 2 aromatic carbocycles. The highest BCUT2D eigenvalue weighted by Crippen LogP contribution is 2.21. The summed E-state index contributed by atoms with van der Waals surface area (Å²) >= 11 is 0. The number of carbonyl (C=O) groups is 2. The number of piperazine rings is 1. The second-order valence-electron chi connectivity index (χ2n) is 8.12. The minimum absolute atomic E-state index is 0.00453. The first-order valence-electron chi connectivity index (χ1n) is 11.2. The first-order chi connectivity index (χ1) is 16.4. The summed E-state index contributed by atoms with van der Waals surface area (Å²) in [4.78, 5) is 40.6. The summed E-state index contributed by atoms with van der Waals surface area (Å²) in [7, 11) is 0. The molecule has 0 saturated carbocycles. The van der Waals surface area contributed by atoms with Crippen LogP contribution in [-0.4, -0.2) is 64.5 Å². The molecule has 8 nitrogen and oxygen atoms in total. The lowest BCUT2D eigenvalue weighted by atomic mass is 10.0. The van der Waals surface area contributed by atoms with E-state index >= 15 is 0 Å². The highest BCUT2D eigenvalue weighted by Gasteiger charge is 2.18. The maximum Gasteiger partial charge on any atom is 0.272 e. The minimum atomic E-state index is -0.593. The average Bonchev–Trinajstić information content (AvgIpc) is 2.86. The van der Waals surface area contributed by atoms with Crippen LogP contribution in [-0.2, 0) is 16.0 Å². The smallest absolute Gasteiger partial charge is 0.272 e. The third kappa shape index (κ3) is 5.37. The molecule has 2 amide bonds. The number of nitrogens with zero attached hydrogens (tertiary/aromatic N) is 3. The number of likely N-dealkylation sites (N-methyl/N-ethyl adjacent to an activating group) is 1. The highest BCUT2D eigenvalue weighted by molar-refractivity contribution is 6.03. The number of hydrogen-bond acceptors (Lipinski definition) is 5. The van der Waals surface area contributed by atoms with Crippen LogP contribution in [0.1, 0.15) is 18.2 Å². The summed E-state index contributed by atoms with van der Waals surface area (Å²) in [6.45, 7) is 5.86. The molecule has 2 N–H and O–H groups in total. The van der Waals surface area contributed by atoms with Gasteiger partial charge in [-0.25, -0.2) is 9.49 Å². The molecule has 0 unspecified atom stereocenters. The molecule has 0 atom stereocenters. The Morgan fingerprint density at radius 1 is 1.09 bits per heavy atom. The maximum atomic E-state index is 14.4. The van der Waals surface area contributed by atoms with Crippen LogP contribution in [0, 0.1) is 5.82 Å². The lowest BCUT2D eigenvalue weighted by molar-refractivity contribution is -0.128. The van der Waals surface area contributed by atoms with Gasteiger partial charge in [0.25, 0.3) is 5.56 Å². The molecule has 9 heteroatoms. The predicted molar refractivity (Wildman–Crippen MR) is 128 cm³/mol. The molecule has 1 fully saturated rings. The Balaban J connectivity index is 1.43. The van der Waals surface area contributed by atoms with Crippen molar-refractivity contribution in [3.63, 3.8) is 0 Å². The monoisotopic (exact) mass is 463 g/mol. The molecule has 176 valence electrons. The normalized spacial score (nSPS) is 14.6. The summed E-state index contributed by atoms with van der Waals surface area (Å²) in [5.74, 6) is -1.42. The van der Waals surface area contributed by atoms with Crippen molar-refractivity contribution in [3.8, 4) is 0 Å². The lowest BCUT2D eigenvalue weighted by Gasteiger charge is -2.33. The molecule has 0 aliphatic carbocycles. The fraction of sp³-hybridized carbons (Fsp3) is 0.280. The van der Waals surface area contributed by atoms with E-state index in [0.29, 0.717) is 41.5 Å². The number of carbonyl (C=O) groups excluding carboxylic acids is 2. The molecule has 0 radical (unpaired) electrons. The van der Waals surface area contributed by atoms with Crippen molar-refractivity contribution in [1.29, 1.82) is 0 Å². The van der Waals surface area contributed by atoms with Gasteiger partial charge in [0.1, 0.15) is 5.82 Å². The van der Waals surface area contributed by atoms with Crippen LogP contribution in [0.15, 0.2) is 59.4 Å². The molecule has 0 spiro atoms. The van der Waals surface area contributed by atoms with E-state index in [-0.39, 0.29) is 17.2 Å². The van der Waals surface area contributed by atoms with Gasteiger partial charge < -0.3 is 15.1 Å². The van der Waals surface area contributed by atoms with E-state index in [1.54, 1.807) is 23.1 Å². The molecule has 1 aliphatic heterocycles. The minimum Gasteiger partial charge on any atom is -0.337 e. The molecule has 1 saturated heterocycles. The summed E-state index contributed by atoms with van der Waals surface area (Å²) in [6, 6.07) is 11.5. The SMILES string of the molecule is CCN1CCN(C(=O)/C=C/C(=O)Nc2cc(Cc3n[nH]c(=O)c4ccccc34)ccc2F)CC1. The van der Waals surface area contributed by atoms with Gasteiger partial charge in [-0.1, -0.05) is 31.2 Å². The van der Waals surface area contributed by atoms with Crippen molar-refractivity contribution in [2.75, 3.05) is 38.0 Å². The molecular weight excluding hydrogens is 437 g/mol. The van der Waals surface area contributed by atoms with Crippen LogP contribution < -0.4 is 10.9 Å². The Morgan fingerprint density at radius 3 is 2.56 bits per heavy atom. The van der Waals surface area contributed by atoms with Gasteiger partial charge in [-0.15, -0.1) is 0 Å². The quantitative estimate of drug-likeness (QED) is 0.547. The second kappa shape index (κ2) is 10.4. The summed E-state index contributed by atoms with van der Waals surface area (Å²) in [5, 5.41) is 10.4. The van der Waals surface area contributed by atoms with Crippen molar-refractivity contribution >= 4 is 28.3 Å². The Kier molecular flexibility index (Phi) is 7.12. The van der Waals surface area contributed by atoms with Crippen molar-refractivity contribution in [1.82, 2.24) is 20.0 Å². The third-order valence-electron chi connectivity index (χ3n) is 5.94. The first-order valence-corrected chi connectivity index (χ1v) is 11.2. The number of hydrogen-bond donors (Lipinski definition) is 2. The van der Waals surface area contributed by atoms with Crippen LogP contribution in [0.3, 0.4) is 0 Å². The number of H-pyrrole nitrogens is 1. The van der Waals surface area contributed by atoms with E-state index in [1.165, 1.54) is 18.2 Å². The fourth-order valence-electron chi connectivity index (χ4n) is 3.99. The Hall–Kier alpha value is -3.85. The van der Waals surface area contributed by atoms with E-state index in [0.717, 1.165) is 25.7 Å². The zero-order valence-electron chi connectivity index (χ0n) is 18.9.